The first-order chi connectivity index (χ1) is 15.3. The smallest absolute Gasteiger partial charge is 0.188 e. The van der Waals surface area contributed by atoms with Crippen LogP contribution in [-0.2, 0) is 4.74 Å². The molecular weight excluding hydrogens is 425 g/mol. The van der Waals surface area contributed by atoms with Crippen molar-refractivity contribution < 1.29 is 9.47 Å². The van der Waals surface area contributed by atoms with Crippen LogP contribution in [0.4, 0.5) is 0 Å². The van der Waals surface area contributed by atoms with Crippen molar-refractivity contribution in [2.75, 3.05) is 13.9 Å². The van der Waals surface area contributed by atoms with Crippen molar-refractivity contribution in [3.8, 4) is 11.4 Å². The van der Waals surface area contributed by atoms with E-state index in [4.69, 9.17) is 20.7 Å². The van der Waals surface area contributed by atoms with Gasteiger partial charge in [0.2, 0.25) is 0 Å². The Morgan fingerprint density at radius 1 is 0.710 bits per heavy atom. The van der Waals surface area contributed by atoms with Gasteiger partial charge in [0.15, 0.2) is 6.79 Å². The van der Waals surface area contributed by atoms with Crippen LogP contribution in [0.1, 0.15) is 0 Å². The molecule has 31 heavy (non-hydrogen) atoms. The minimum absolute atomic E-state index is 0.186. The van der Waals surface area contributed by atoms with Gasteiger partial charge in [-0.15, -0.1) is 0 Å². The average molecular weight is 446 g/mol. The third kappa shape index (κ3) is 3.59. The van der Waals surface area contributed by atoms with E-state index in [1.165, 1.54) is 21.8 Å². The van der Waals surface area contributed by atoms with Gasteiger partial charge in [-0.2, -0.15) is 0 Å². The second-order valence-corrected chi connectivity index (χ2v) is 9.70. The van der Waals surface area contributed by atoms with Gasteiger partial charge in [0.25, 0.3) is 0 Å². The van der Waals surface area contributed by atoms with Gasteiger partial charge in [0, 0.05) is 28.5 Å². The van der Waals surface area contributed by atoms with Crippen molar-refractivity contribution in [2.24, 2.45) is 0 Å². The molecule has 1 aromatic heterocycles. The van der Waals surface area contributed by atoms with Crippen molar-refractivity contribution in [3.63, 3.8) is 0 Å². The summed E-state index contributed by atoms with van der Waals surface area (Å²) in [6, 6.07) is 33.3. The minimum Gasteiger partial charge on any atom is -0.467 e. The standard InChI is InChI=1S/C26H21ClNO2P/c1-29-18-30-24-15-7-9-17-26(24)31(27)25-16-8-6-14-23(25)28-21-12-4-2-10-19(21)20-11-3-5-13-22(20)28/h2-17H,18H2,1H3. The van der Waals surface area contributed by atoms with Gasteiger partial charge < -0.3 is 14.0 Å². The SMILES string of the molecule is COCOc1ccccc1P(Cl)c1ccccc1-n1c2ccccc2c2ccccc21. The Labute approximate surface area is 187 Å². The van der Waals surface area contributed by atoms with E-state index in [0.717, 1.165) is 22.0 Å². The maximum Gasteiger partial charge on any atom is 0.188 e. The van der Waals surface area contributed by atoms with Crippen LogP contribution in [0.25, 0.3) is 27.5 Å². The number of hydrogen-bond acceptors (Lipinski definition) is 2. The number of rotatable bonds is 6. The summed E-state index contributed by atoms with van der Waals surface area (Å²) in [5.74, 6) is 0.752. The molecule has 3 nitrogen and oxygen atoms in total. The predicted octanol–water partition coefficient (Wildman–Crippen LogP) is 6.35. The Hall–Kier alpha value is -2.84. The molecule has 4 aromatic carbocycles. The van der Waals surface area contributed by atoms with Crippen LogP contribution in [0.15, 0.2) is 97.1 Å². The van der Waals surface area contributed by atoms with Crippen molar-refractivity contribution in [2.45, 2.75) is 0 Å². The lowest BCUT2D eigenvalue weighted by Gasteiger charge is -2.19. The maximum absolute atomic E-state index is 7.17. The van der Waals surface area contributed by atoms with E-state index in [2.05, 4.69) is 71.3 Å². The Bertz CT molecular complexity index is 1310. The molecule has 5 rings (SSSR count). The lowest BCUT2D eigenvalue weighted by atomic mass is 10.2. The van der Waals surface area contributed by atoms with Gasteiger partial charge in [-0.1, -0.05) is 78.0 Å². The maximum atomic E-state index is 7.17. The van der Waals surface area contributed by atoms with E-state index >= 15 is 0 Å². The number of aromatic nitrogens is 1. The van der Waals surface area contributed by atoms with Gasteiger partial charge in [-0.05, 0) is 30.3 Å². The summed E-state index contributed by atoms with van der Waals surface area (Å²) in [6.45, 7) is 0.186. The summed E-state index contributed by atoms with van der Waals surface area (Å²) in [5.41, 5.74) is 3.42. The molecule has 0 amide bonds. The highest BCUT2D eigenvalue weighted by molar-refractivity contribution is 7.96. The second-order valence-electron chi connectivity index (χ2n) is 7.16. The fraction of sp³-hybridized carbons (Fsp3) is 0.0769. The van der Waals surface area contributed by atoms with Gasteiger partial charge in [0.05, 0.1) is 24.0 Å². The van der Waals surface area contributed by atoms with E-state index < -0.39 is 7.27 Å². The van der Waals surface area contributed by atoms with Crippen molar-refractivity contribution in [1.82, 2.24) is 4.57 Å². The largest absolute Gasteiger partial charge is 0.467 e. The lowest BCUT2D eigenvalue weighted by molar-refractivity contribution is 0.0519. The zero-order valence-corrected chi connectivity index (χ0v) is 18.7. The number of para-hydroxylation sites is 4. The van der Waals surface area contributed by atoms with Crippen LogP contribution in [0.5, 0.6) is 5.75 Å². The molecule has 0 saturated heterocycles. The van der Waals surface area contributed by atoms with E-state index in [9.17, 15) is 0 Å². The molecule has 0 aliphatic rings. The third-order valence-electron chi connectivity index (χ3n) is 5.32. The van der Waals surface area contributed by atoms with Crippen LogP contribution in [0.2, 0.25) is 0 Å². The number of fused-ring (bicyclic) bond motifs is 3. The third-order valence-corrected chi connectivity index (χ3v) is 8.01. The summed E-state index contributed by atoms with van der Waals surface area (Å²) in [7, 11) is 0.441. The lowest BCUT2D eigenvalue weighted by Crippen LogP contribution is -2.17. The molecule has 1 atom stereocenters. The van der Waals surface area contributed by atoms with Crippen LogP contribution in [0, 0.1) is 0 Å². The quantitative estimate of drug-likeness (QED) is 0.224. The Morgan fingerprint density at radius 2 is 1.26 bits per heavy atom. The van der Waals surface area contributed by atoms with Crippen LogP contribution < -0.4 is 15.3 Å². The number of nitrogens with zero attached hydrogens (tertiary/aromatic N) is 1. The normalized spacial score (nSPS) is 12.3. The zero-order chi connectivity index (χ0) is 21.2. The molecule has 0 fully saturated rings. The monoisotopic (exact) mass is 445 g/mol. The molecular formula is C26H21ClNO2P. The van der Waals surface area contributed by atoms with Crippen LogP contribution in [-0.4, -0.2) is 18.5 Å². The summed E-state index contributed by atoms with van der Waals surface area (Å²) in [6.07, 6.45) is 0. The number of benzene rings is 4. The van der Waals surface area contributed by atoms with E-state index in [0.29, 0.717) is 0 Å². The topological polar surface area (TPSA) is 23.4 Å². The van der Waals surface area contributed by atoms with Crippen LogP contribution >= 0.6 is 18.5 Å². The first-order valence-electron chi connectivity index (χ1n) is 10.0. The first-order valence-corrected chi connectivity index (χ1v) is 12.3. The highest BCUT2D eigenvalue weighted by Crippen LogP contribution is 2.44. The molecule has 0 bridgehead atoms. The molecule has 0 radical (unpaired) electrons. The molecule has 0 aliphatic carbocycles. The van der Waals surface area contributed by atoms with E-state index in [1.807, 2.05) is 30.3 Å². The summed E-state index contributed by atoms with van der Waals surface area (Å²) >= 11 is 7.17. The Kier molecular flexibility index (Phi) is 5.65. The van der Waals surface area contributed by atoms with Crippen molar-refractivity contribution in [3.05, 3.63) is 97.1 Å². The predicted molar refractivity (Wildman–Crippen MR) is 132 cm³/mol. The average Bonchev–Trinajstić information content (AvgIpc) is 3.17. The summed E-state index contributed by atoms with van der Waals surface area (Å²) < 4.78 is 13.2. The summed E-state index contributed by atoms with van der Waals surface area (Å²) in [5, 5.41) is 4.52. The summed E-state index contributed by atoms with van der Waals surface area (Å²) in [4.78, 5) is 0. The van der Waals surface area contributed by atoms with Gasteiger partial charge in [-0.3, -0.25) is 0 Å². The van der Waals surface area contributed by atoms with Crippen molar-refractivity contribution in [1.29, 1.82) is 0 Å². The second kappa shape index (κ2) is 8.72. The fourth-order valence-electron chi connectivity index (χ4n) is 3.99. The van der Waals surface area contributed by atoms with Gasteiger partial charge >= 0.3 is 0 Å². The molecule has 0 aliphatic heterocycles. The molecule has 0 N–H and O–H groups in total. The molecule has 1 heterocycles. The Balaban J connectivity index is 1.72. The molecule has 1 unspecified atom stereocenters. The highest BCUT2D eigenvalue weighted by Gasteiger charge is 2.21. The number of ether oxygens (including phenoxy) is 2. The zero-order valence-electron chi connectivity index (χ0n) is 17.0. The van der Waals surface area contributed by atoms with Crippen molar-refractivity contribution >= 4 is 50.9 Å². The highest BCUT2D eigenvalue weighted by atomic mass is 35.7. The van der Waals surface area contributed by atoms with Gasteiger partial charge in [0.1, 0.15) is 5.75 Å². The number of halogens is 1. The minimum atomic E-state index is -1.17. The fourth-order valence-corrected chi connectivity index (χ4v) is 6.24. The van der Waals surface area contributed by atoms with Gasteiger partial charge in [-0.25, -0.2) is 0 Å². The molecule has 0 saturated carbocycles. The Morgan fingerprint density at radius 3 is 1.94 bits per heavy atom. The number of hydrogen-bond donors (Lipinski definition) is 0. The van der Waals surface area contributed by atoms with Crippen LogP contribution in [0.3, 0.4) is 0 Å². The van der Waals surface area contributed by atoms with E-state index in [1.54, 1.807) is 7.11 Å². The molecule has 5 aromatic rings. The molecule has 154 valence electrons. The van der Waals surface area contributed by atoms with E-state index in [-0.39, 0.29) is 6.79 Å². The first kappa shape index (κ1) is 20.1. The molecule has 5 heteroatoms. The molecule has 0 spiro atoms. The number of methoxy groups -OCH3 is 1.